The molecule has 0 unspecified atom stereocenters. The fraction of sp³-hybridized carbons (Fsp3) is 0.500. The summed E-state index contributed by atoms with van der Waals surface area (Å²) in [7, 11) is 0. The van der Waals surface area contributed by atoms with Gasteiger partial charge in [-0.05, 0) is 26.0 Å². The van der Waals surface area contributed by atoms with Gasteiger partial charge in [0.15, 0.2) is 6.10 Å². The maximum absolute atomic E-state index is 12.3. The van der Waals surface area contributed by atoms with Crippen LogP contribution >= 0.6 is 11.6 Å². The third-order valence-corrected chi connectivity index (χ3v) is 3.45. The molecule has 1 aromatic carbocycles. The van der Waals surface area contributed by atoms with E-state index in [0.717, 1.165) is 0 Å². The summed E-state index contributed by atoms with van der Waals surface area (Å²) in [4.78, 5) is 14.1. The van der Waals surface area contributed by atoms with Gasteiger partial charge in [-0.2, -0.15) is 0 Å². The molecule has 1 saturated heterocycles. The van der Waals surface area contributed by atoms with Crippen LogP contribution in [0.3, 0.4) is 0 Å². The van der Waals surface area contributed by atoms with Crippen molar-refractivity contribution in [1.29, 1.82) is 0 Å². The highest BCUT2D eigenvalue weighted by molar-refractivity contribution is 6.32. The van der Waals surface area contributed by atoms with Crippen molar-refractivity contribution in [2.24, 2.45) is 0 Å². The molecule has 0 spiro atoms. The molecule has 0 radical (unpaired) electrons. The molecule has 2 rings (SSSR count). The minimum absolute atomic E-state index is 0.0317. The molecule has 0 aliphatic carbocycles. The van der Waals surface area contributed by atoms with E-state index in [-0.39, 0.29) is 11.9 Å². The maximum atomic E-state index is 12.3. The van der Waals surface area contributed by atoms with E-state index in [4.69, 9.17) is 21.1 Å². The predicted octanol–water partition coefficient (Wildman–Crippen LogP) is 2.35. The highest BCUT2D eigenvalue weighted by atomic mass is 35.5. The van der Waals surface area contributed by atoms with Crippen LogP contribution in [0, 0.1) is 0 Å². The fourth-order valence-corrected chi connectivity index (χ4v) is 2.25. The highest BCUT2D eigenvalue weighted by Crippen LogP contribution is 2.24. The molecule has 1 aliphatic heterocycles. The summed E-state index contributed by atoms with van der Waals surface area (Å²) in [5.74, 6) is 0.502. The van der Waals surface area contributed by atoms with Crippen molar-refractivity contribution >= 4 is 17.5 Å². The van der Waals surface area contributed by atoms with E-state index in [1.807, 2.05) is 19.1 Å². The summed E-state index contributed by atoms with van der Waals surface area (Å²) in [5, 5.41) is 0.511. The van der Waals surface area contributed by atoms with Crippen LogP contribution in [0.1, 0.15) is 13.8 Å². The monoisotopic (exact) mass is 283 g/mol. The second-order valence-corrected chi connectivity index (χ2v) is 5.05. The van der Waals surface area contributed by atoms with E-state index in [1.54, 1.807) is 24.0 Å². The molecule has 0 bridgehead atoms. The number of benzene rings is 1. The Balaban J connectivity index is 2.01. The van der Waals surface area contributed by atoms with Gasteiger partial charge in [-0.25, -0.2) is 0 Å². The number of ether oxygens (including phenoxy) is 2. The van der Waals surface area contributed by atoms with Crippen LogP contribution < -0.4 is 4.74 Å². The number of carbonyl (C=O) groups excluding carboxylic acids is 1. The van der Waals surface area contributed by atoms with Gasteiger partial charge in [0.05, 0.1) is 24.3 Å². The van der Waals surface area contributed by atoms with Crippen molar-refractivity contribution in [3.63, 3.8) is 0 Å². The largest absolute Gasteiger partial charge is 0.479 e. The molecule has 2 atom stereocenters. The van der Waals surface area contributed by atoms with E-state index in [0.29, 0.717) is 30.5 Å². The Bertz CT molecular complexity index is 452. The molecule has 104 valence electrons. The average Bonchev–Trinajstić information content (AvgIpc) is 2.41. The Morgan fingerprint density at radius 3 is 2.95 bits per heavy atom. The number of halogens is 1. The van der Waals surface area contributed by atoms with Crippen molar-refractivity contribution in [1.82, 2.24) is 4.90 Å². The Morgan fingerprint density at radius 1 is 1.53 bits per heavy atom. The molecule has 5 heteroatoms. The van der Waals surface area contributed by atoms with Crippen LogP contribution in [0.25, 0.3) is 0 Å². The van der Waals surface area contributed by atoms with Gasteiger partial charge < -0.3 is 14.4 Å². The summed E-state index contributed by atoms with van der Waals surface area (Å²) in [6, 6.07) is 7.24. The van der Waals surface area contributed by atoms with E-state index in [2.05, 4.69) is 0 Å². The Kier molecular flexibility index (Phi) is 4.66. The summed E-state index contributed by atoms with van der Waals surface area (Å²) in [6.07, 6.45) is -0.555. The lowest BCUT2D eigenvalue weighted by atomic mass is 10.2. The number of hydrogen-bond donors (Lipinski definition) is 0. The van der Waals surface area contributed by atoms with Crippen LogP contribution in [0.4, 0.5) is 0 Å². The second-order valence-electron chi connectivity index (χ2n) is 4.65. The number of amides is 1. The van der Waals surface area contributed by atoms with Gasteiger partial charge in [0.25, 0.3) is 5.91 Å². The molecule has 19 heavy (non-hydrogen) atoms. The number of para-hydroxylation sites is 1. The summed E-state index contributed by atoms with van der Waals surface area (Å²) < 4.78 is 11.0. The topological polar surface area (TPSA) is 38.8 Å². The molecule has 1 heterocycles. The Labute approximate surface area is 118 Å². The number of carbonyl (C=O) groups is 1. The van der Waals surface area contributed by atoms with Crippen molar-refractivity contribution < 1.29 is 14.3 Å². The lowest BCUT2D eigenvalue weighted by Gasteiger charge is -2.35. The maximum Gasteiger partial charge on any atom is 0.263 e. The molecule has 1 amide bonds. The van der Waals surface area contributed by atoms with E-state index < -0.39 is 6.10 Å². The average molecular weight is 284 g/mol. The third-order valence-electron chi connectivity index (χ3n) is 3.14. The number of rotatable bonds is 3. The van der Waals surface area contributed by atoms with Crippen LogP contribution in [0.5, 0.6) is 5.75 Å². The standard InChI is InChI=1S/C14H18ClNO3/c1-10-9-18-8-7-16(10)14(17)11(2)19-13-6-4-3-5-12(13)15/h3-6,10-11H,7-9H2,1-2H3/t10-,11+/m1/s1. The zero-order valence-corrected chi connectivity index (χ0v) is 11.9. The van der Waals surface area contributed by atoms with E-state index in [9.17, 15) is 4.79 Å². The molecule has 0 aromatic heterocycles. The minimum atomic E-state index is -0.555. The molecule has 1 aromatic rings. The highest BCUT2D eigenvalue weighted by Gasteiger charge is 2.28. The molecule has 1 fully saturated rings. The van der Waals surface area contributed by atoms with Crippen molar-refractivity contribution in [2.45, 2.75) is 26.0 Å². The number of morpholine rings is 1. The minimum Gasteiger partial charge on any atom is -0.479 e. The predicted molar refractivity (Wildman–Crippen MR) is 73.5 cm³/mol. The van der Waals surface area contributed by atoms with Crippen LogP contribution in [-0.4, -0.2) is 42.7 Å². The SMILES string of the molecule is C[C@H](Oc1ccccc1Cl)C(=O)N1CCOC[C@H]1C. The van der Waals surface area contributed by atoms with Crippen molar-refractivity contribution in [3.8, 4) is 5.75 Å². The Hall–Kier alpha value is -1.26. The van der Waals surface area contributed by atoms with Gasteiger partial charge in [-0.3, -0.25) is 4.79 Å². The van der Waals surface area contributed by atoms with Gasteiger partial charge in [-0.1, -0.05) is 23.7 Å². The normalized spacial score (nSPS) is 21.0. The zero-order valence-electron chi connectivity index (χ0n) is 11.1. The first kappa shape index (κ1) is 14.2. The zero-order chi connectivity index (χ0) is 13.8. The first-order valence-corrected chi connectivity index (χ1v) is 6.77. The van der Waals surface area contributed by atoms with Gasteiger partial charge in [0.1, 0.15) is 5.75 Å². The fourth-order valence-electron chi connectivity index (χ4n) is 2.07. The summed E-state index contributed by atoms with van der Waals surface area (Å²) in [5.41, 5.74) is 0. The smallest absolute Gasteiger partial charge is 0.263 e. The summed E-state index contributed by atoms with van der Waals surface area (Å²) in [6.45, 7) is 5.47. The van der Waals surface area contributed by atoms with E-state index in [1.165, 1.54) is 0 Å². The Morgan fingerprint density at radius 2 is 2.26 bits per heavy atom. The number of hydrogen-bond acceptors (Lipinski definition) is 3. The van der Waals surface area contributed by atoms with Crippen LogP contribution in [-0.2, 0) is 9.53 Å². The van der Waals surface area contributed by atoms with Gasteiger partial charge in [0, 0.05) is 6.54 Å². The van der Waals surface area contributed by atoms with Gasteiger partial charge >= 0.3 is 0 Å². The van der Waals surface area contributed by atoms with Crippen molar-refractivity contribution in [3.05, 3.63) is 29.3 Å². The lowest BCUT2D eigenvalue weighted by Crippen LogP contribution is -2.51. The molecular weight excluding hydrogens is 266 g/mol. The van der Waals surface area contributed by atoms with Gasteiger partial charge in [-0.15, -0.1) is 0 Å². The van der Waals surface area contributed by atoms with Crippen molar-refractivity contribution in [2.75, 3.05) is 19.8 Å². The quantitative estimate of drug-likeness (QED) is 0.855. The molecular formula is C14H18ClNO3. The van der Waals surface area contributed by atoms with Gasteiger partial charge in [0.2, 0.25) is 0 Å². The lowest BCUT2D eigenvalue weighted by molar-refractivity contribution is -0.145. The van der Waals surface area contributed by atoms with Crippen LogP contribution in [0.15, 0.2) is 24.3 Å². The molecule has 0 saturated carbocycles. The molecule has 0 N–H and O–H groups in total. The van der Waals surface area contributed by atoms with E-state index >= 15 is 0 Å². The first-order chi connectivity index (χ1) is 9.09. The van der Waals surface area contributed by atoms with Crippen LogP contribution in [0.2, 0.25) is 5.02 Å². The second kappa shape index (κ2) is 6.26. The first-order valence-electron chi connectivity index (χ1n) is 6.39. The third kappa shape index (κ3) is 3.39. The summed E-state index contributed by atoms with van der Waals surface area (Å²) >= 11 is 6.02. The number of nitrogens with zero attached hydrogens (tertiary/aromatic N) is 1. The molecule has 1 aliphatic rings. The molecule has 4 nitrogen and oxygen atoms in total.